The van der Waals surface area contributed by atoms with Crippen molar-refractivity contribution >= 4 is 5.91 Å². The van der Waals surface area contributed by atoms with Gasteiger partial charge in [0.1, 0.15) is 0 Å². The summed E-state index contributed by atoms with van der Waals surface area (Å²) in [6.45, 7) is 4.82. The van der Waals surface area contributed by atoms with E-state index in [1.54, 1.807) is 4.68 Å². The first-order valence-electron chi connectivity index (χ1n) is 12.2. The highest BCUT2D eigenvalue weighted by atomic mass is 16.3. The largest absolute Gasteiger partial charge is 0.391 e. The topological polar surface area (TPSA) is 70.4 Å². The first-order chi connectivity index (χ1) is 15.5. The van der Waals surface area contributed by atoms with E-state index in [1.165, 1.54) is 18.4 Å². The molecule has 1 aliphatic carbocycles. The van der Waals surface area contributed by atoms with Crippen LogP contribution in [0, 0.1) is 6.92 Å². The second kappa shape index (κ2) is 10.2. The highest BCUT2D eigenvalue weighted by molar-refractivity contribution is 5.76. The molecule has 0 radical (unpaired) electrons. The molecule has 0 bridgehead atoms. The number of likely N-dealkylation sites (tertiary alicyclic amines) is 1. The van der Waals surface area contributed by atoms with Gasteiger partial charge in [-0.2, -0.15) is 5.10 Å². The molecular formula is C26H38N4O2. The van der Waals surface area contributed by atoms with Crippen LogP contribution in [0.2, 0.25) is 0 Å². The van der Waals surface area contributed by atoms with Gasteiger partial charge in [0.25, 0.3) is 0 Å². The smallest absolute Gasteiger partial charge is 0.220 e. The lowest BCUT2D eigenvalue weighted by Gasteiger charge is -2.34. The third kappa shape index (κ3) is 5.24. The van der Waals surface area contributed by atoms with Gasteiger partial charge in [0.2, 0.25) is 5.91 Å². The highest BCUT2D eigenvalue weighted by Gasteiger charge is 2.40. The SMILES string of the molecule is Cc1nn(C)cc1CCC(=O)NC[C@@]1(c2ccccc2)CC[C@H](O)[C@@H](N2CCCC2)CC1. The van der Waals surface area contributed by atoms with E-state index in [0.717, 1.165) is 50.0 Å². The van der Waals surface area contributed by atoms with Crippen molar-refractivity contribution in [2.75, 3.05) is 19.6 Å². The number of rotatable bonds is 7. The lowest BCUT2D eigenvalue weighted by Crippen LogP contribution is -2.42. The summed E-state index contributed by atoms with van der Waals surface area (Å²) in [4.78, 5) is 15.3. The van der Waals surface area contributed by atoms with E-state index in [0.29, 0.717) is 19.4 Å². The van der Waals surface area contributed by atoms with Crippen molar-refractivity contribution in [1.29, 1.82) is 0 Å². The normalized spacial score (nSPS) is 26.7. The van der Waals surface area contributed by atoms with Crippen molar-refractivity contribution < 1.29 is 9.90 Å². The molecule has 174 valence electrons. The Bertz CT molecular complexity index is 890. The molecule has 0 spiro atoms. The monoisotopic (exact) mass is 438 g/mol. The quantitative estimate of drug-likeness (QED) is 0.652. The Labute approximate surface area is 192 Å². The van der Waals surface area contributed by atoms with Gasteiger partial charge in [-0.25, -0.2) is 0 Å². The average Bonchev–Trinajstić information content (AvgIpc) is 3.40. The van der Waals surface area contributed by atoms with E-state index in [9.17, 15) is 9.90 Å². The molecule has 1 aromatic carbocycles. The van der Waals surface area contributed by atoms with Gasteiger partial charge < -0.3 is 10.4 Å². The molecule has 3 atom stereocenters. The van der Waals surface area contributed by atoms with Crippen molar-refractivity contribution in [2.45, 2.75) is 75.9 Å². The number of aromatic nitrogens is 2. The molecule has 6 heteroatoms. The number of benzene rings is 1. The van der Waals surface area contributed by atoms with Crippen LogP contribution in [0.15, 0.2) is 36.5 Å². The van der Waals surface area contributed by atoms with Crippen molar-refractivity contribution in [3.05, 3.63) is 53.3 Å². The Balaban J connectivity index is 1.43. The van der Waals surface area contributed by atoms with Crippen LogP contribution in [-0.2, 0) is 23.7 Å². The van der Waals surface area contributed by atoms with Gasteiger partial charge in [-0.15, -0.1) is 0 Å². The van der Waals surface area contributed by atoms with Crippen LogP contribution in [0.3, 0.4) is 0 Å². The molecule has 1 aromatic heterocycles. The fraction of sp³-hybridized carbons (Fsp3) is 0.615. The van der Waals surface area contributed by atoms with Crippen molar-refractivity contribution in [3.8, 4) is 0 Å². The van der Waals surface area contributed by atoms with Gasteiger partial charge >= 0.3 is 0 Å². The number of amides is 1. The van der Waals surface area contributed by atoms with Gasteiger partial charge in [-0.3, -0.25) is 14.4 Å². The summed E-state index contributed by atoms with van der Waals surface area (Å²) in [7, 11) is 1.91. The predicted octanol–water partition coefficient (Wildman–Crippen LogP) is 3.11. The summed E-state index contributed by atoms with van der Waals surface area (Å²) < 4.78 is 1.81. The first kappa shape index (κ1) is 23.0. The van der Waals surface area contributed by atoms with Gasteiger partial charge in [-0.1, -0.05) is 30.3 Å². The Hall–Kier alpha value is -2.18. The minimum absolute atomic E-state index is 0.0875. The molecular weight excluding hydrogens is 400 g/mol. The Morgan fingerprint density at radius 2 is 1.91 bits per heavy atom. The lowest BCUT2D eigenvalue weighted by atomic mass is 9.74. The van der Waals surface area contributed by atoms with E-state index in [2.05, 4.69) is 39.6 Å². The molecule has 1 saturated carbocycles. The van der Waals surface area contributed by atoms with Crippen molar-refractivity contribution in [1.82, 2.24) is 20.0 Å². The molecule has 4 rings (SSSR count). The molecule has 1 aliphatic heterocycles. The molecule has 2 aliphatic rings. The van der Waals surface area contributed by atoms with Crippen molar-refractivity contribution in [3.63, 3.8) is 0 Å². The van der Waals surface area contributed by atoms with Crippen LogP contribution in [0.1, 0.15) is 61.8 Å². The maximum atomic E-state index is 12.8. The summed E-state index contributed by atoms with van der Waals surface area (Å²) in [5.74, 6) is 0.0875. The molecule has 1 saturated heterocycles. The van der Waals surface area contributed by atoms with E-state index in [-0.39, 0.29) is 23.5 Å². The van der Waals surface area contributed by atoms with Crippen LogP contribution in [0.4, 0.5) is 0 Å². The molecule has 32 heavy (non-hydrogen) atoms. The third-order valence-corrected chi connectivity index (χ3v) is 7.64. The molecule has 1 amide bonds. The summed E-state index contributed by atoms with van der Waals surface area (Å²) in [6, 6.07) is 10.8. The average molecular weight is 439 g/mol. The zero-order valence-corrected chi connectivity index (χ0v) is 19.6. The Kier molecular flexibility index (Phi) is 7.31. The minimum atomic E-state index is -0.289. The standard InChI is InChI=1S/C26H38N4O2/c1-20-21(18-29(2)28-20)10-11-25(32)27-19-26(22-8-4-3-5-9-22)14-12-23(24(31)13-15-26)30-16-6-7-17-30/h3-5,8-9,18,23-24,31H,6-7,10-17,19H2,1-2H3,(H,27,32)/t23-,24-,26-/m0/s1. The fourth-order valence-corrected chi connectivity index (χ4v) is 5.71. The van der Waals surface area contributed by atoms with Crippen LogP contribution < -0.4 is 5.32 Å². The van der Waals surface area contributed by atoms with E-state index >= 15 is 0 Å². The number of nitrogens with zero attached hydrogens (tertiary/aromatic N) is 3. The first-order valence-corrected chi connectivity index (χ1v) is 12.2. The zero-order chi connectivity index (χ0) is 22.6. The zero-order valence-electron chi connectivity index (χ0n) is 19.6. The maximum absolute atomic E-state index is 12.8. The van der Waals surface area contributed by atoms with Gasteiger partial charge in [0.05, 0.1) is 11.8 Å². The summed E-state index contributed by atoms with van der Waals surface area (Å²) in [5, 5.41) is 18.6. The number of aryl methyl sites for hydroxylation is 3. The minimum Gasteiger partial charge on any atom is -0.391 e. The number of carbonyl (C=O) groups is 1. The number of nitrogens with one attached hydrogen (secondary N) is 1. The predicted molar refractivity (Wildman–Crippen MR) is 126 cm³/mol. The Morgan fingerprint density at radius 1 is 1.19 bits per heavy atom. The van der Waals surface area contributed by atoms with E-state index in [4.69, 9.17) is 0 Å². The van der Waals surface area contributed by atoms with Gasteiger partial charge in [-0.05, 0) is 76.1 Å². The van der Waals surface area contributed by atoms with Gasteiger partial charge in [0, 0.05) is 37.7 Å². The van der Waals surface area contributed by atoms with Crippen LogP contribution in [-0.4, -0.2) is 57.5 Å². The second-order valence-electron chi connectivity index (χ2n) is 9.79. The molecule has 2 N–H and O–H groups in total. The molecule has 6 nitrogen and oxygen atoms in total. The van der Waals surface area contributed by atoms with Crippen LogP contribution >= 0.6 is 0 Å². The highest BCUT2D eigenvalue weighted by Crippen LogP contribution is 2.39. The maximum Gasteiger partial charge on any atom is 0.220 e. The molecule has 2 heterocycles. The van der Waals surface area contributed by atoms with E-state index < -0.39 is 0 Å². The number of aliphatic hydroxyl groups excluding tert-OH is 1. The summed E-state index contributed by atoms with van der Waals surface area (Å²) in [5.41, 5.74) is 3.27. The molecule has 2 fully saturated rings. The Morgan fingerprint density at radius 3 is 2.59 bits per heavy atom. The van der Waals surface area contributed by atoms with Gasteiger partial charge in [0.15, 0.2) is 0 Å². The molecule has 0 unspecified atom stereocenters. The third-order valence-electron chi connectivity index (χ3n) is 7.64. The number of aliphatic hydroxyl groups is 1. The van der Waals surface area contributed by atoms with Crippen molar-refractivity contribution in [2.24, 2.45) is 7.05 Å². The second-order valence-corrected chi connectivity index (χ2v) is 9.79. The lowest BCUT2D eigenvalue weighted by molar-refractivity contribution is -0.121. The summed E-state index contributed by atoms with van der Waals surface area (Å²) in [6.07, 6.45) is 8.99. The number of hydrogen-bond acceptors (Lipinski definition) is 4. The fourth-order valence-electron chi connectivity index (χ4n) is 5.71. The van der Waals surface area contributed by atoms with E-state index in [1.807, 2.05) is 26.2 Å². The summed E-state index contributed by atoms with van der Waals surface area (Å²) >= 11 is 0. The number of carbonyl (C=O) groups excluding carboxylic acids is 1. The molecule has 2 aromatic rings. The van der Waals surface area contributed by atoms with Crippen LogP contribution in [0.25, 0.3) is 0 Å². The van der Waals surface area contributed by atoms with Crippen LogP contribution in [0.5, 0.6) is 0 Å². The number of hydrogen-bond donors (Lipinski definition) is 2.